The van der Waals surface area contributed by atoms with E-state index in [1.54, 1.807) is 30.5 Å². The molecule has 2 aliphatic rings. The van der Waals surface area contributed by atoms with Crippen molar-refractivity contribution in [3.8, 4) is 5.69 Å². The fourth-order valence-corrected chi connectivity index (χ4v) is 4.42. The van der Waals surface area contributed by atoms with Crippen molar-refractivity contribution in [1.29, 1.82) is 0 Å². The summed E-state index contributed by atoms with van der Waals surface area (Å²) in [6.45, 7) is 0. The smallest absolute Gasteiger partial charge is 0.227 e. The Morgan fingerprint density at radius 3 is 2.67 bits per heavy atom. The third-order valence-electron chi connectivity index (χ3n) is 6.24. The Labute approximate surface area is 180 Å². The van der Waals surface area contributed by atoms with E-state index in [1.165, 1.54) is 5.56 Å². The van der Waals surface area contributed by atoms with Crippen molar-refractivity contribution in [3.05, 3.63) is 82.9 Å². The summed E-state index contributed by atoms with van der Waals surface area (Å²) in [5.41, 5.74) is 2.35. The molecular formula is C24H22ClN3O2. The van der Waals surface area contributed by atoms with Crippen LogP contribution in [0.15, 0.2) is 60.9 Å². The normalized spacial score (nSPS) is 18.6. The monoisotopic (exact) mass is 419 g/mol. The molecule has 6 heteroatoms. The average molecular weight is 420 g/mol. The fourth-order valence-electron chi connectivity index (χ4n) is 4.29. The number of nitrogens with zero attached hydrogens (tertiary/aromatic N) is 2. The molecule has 2 heterocycles. The van der Waals surface area contributed by atoms with Gasteiger partial charge in [-0.2, -0.15) is 0 Å². The third kappa shape index (κ3) is 3.43. The van der Waals surface area contributed by atoms with Gasteiger partial charge in [0.2, 0.25) is 5.91 Å². The van der Waals surface area contributed by atoms with Crippen molar-refractivity contribution in [1.82, 2.24) is 14.9 Å². The predicted molar refractivity (Wildman–Crippen MR) is 115 cm³/mol. The highest BCUT2D eigenvalue weighted by molar-refractivity contribution is 6.30. The van der Waals surface area contributed by atoms with Crippen LogP contribution in [0.2, 0.25) is 5.02 Å². The predicted octanol–water partition coefficient (Wildman–Crippen LogP) is 4.68. The number of aromatic nitrogens is 2. The molecule has 1 fully saturated rings. The number of carbonyl (C=O) groups is 2. The highest BCUT2D eigenvalue weighted by Crippen LogP contribution is 2.50. The van der Waals surface area contributed by atoms with Crippen LogP contribution in [0.1, 0.15) is 53.5 Å². The van der Waals surface area contributed by atoms with Gasteiger partial charge < -0.3 is 9.88 Å². The molecule has 0 spiro atoms. The van der Waals surface area contributed by atoms with Crippen LogP contribution in [-0.2, 0) is 11.2 Å². The molecule has 3 aromatic rings. The first-order chi connectivity index (χ1) is 14.6. The van der Waals surface area contributed by atoms with Crippen molar-refractivity contribution < 1.29 is 9.59 Å². The van der Waals surface area contributed by atoms with Crippen LogP contribution in [0.5, 0.6) is 0 Å². The molecule has 0 bridgehead atoms. The second-order valence-corrected chi connectivity index (χ2v) is 8.67. The Morgan fingerprint density at radius 1 is 1.13 bits per heavy atom. The molecule has 2 aromatic carbocycles. The molecule has 1 unspecified atom stereocenters. The van der Waals surface area contributed by atoms with Crippen LogP contribution in [-0.4, -0.2) is 21.2 Å². The zero-order chi connectivity index (χ0) is 20.7. The minimum atomic E-state index is -0.604. The average Bonchev–Trinajstić information content (AvgIpc) is 3.41. The number of amides is 1. The number of fused-ring (bicyclic) bond motifs is 3. The van der Waals surface area contributed by atoms with Crippen LogP contribution in [0, 0.1) is 5.41 Å². The van der Waals surface area contributed by atoms with Crippen LogP contribution < -0.4 is 5.32 Å². The number of benzene rings is 2. The summed E-state index contributed by atoms with van der Waals surface area (Å²) in [6.07, 6.45) is 7.05. The van der Waals surface area contributed by atoms with Crippen LogP contribution >= 0.6 is 11.6 Å². The zero-order valence-corrected chi connectivity index (χ0v) is 17.2. The third-order valence-corrected chi connectivity index (χ3v) is 6.49. The van der Waals surface area contributed by atoms with Gasteiger partial charge in [0.1, 0.15) is 5.82 Å². The Bertz CT molecular complexity index is 1120. The lowest BCUT2D eigenvalue weighted by molar-refractivity contribution is -0.127. The van der Waals surface area contributed by atoms with Crippen molar-refractivity contribution in [2.75, 3.05) is 0 Å². The van der Waals surface area contributed by atoms with Gasteiger partial charge in [0.25, 0.3) is 0 Å². The highest BCUT2D eigenvalue weighted by Gasteiger charge is 2.51. The second kappa shape index (κ2) is 7.40. The summed E-state index contributed by atoms with van der Waals surface area (Å²) < 4.78 is 2.06. The Balaban J connectivity index is 1.33. The van der Waals surface area contributed by atoms with E-state index in [0.717, 1.165) is 37.2 Å². The summed E-state index contributed by atoms with van der Waals surface area (Å²) >= 11 is 5.92. The summed E-state index contributed by atoms with van der Waals surface area (Å²) in [6, 6.07) is 14.9. The van der Waals surface area contributed by atoms with E-state index in [1.807, 2.05) is 18.3 Å². The van der Waals surface area contributed by atoms with Gasteiger partial charge >= 0.3 is 0 Å². The van der Waals surface area contributed by atoms with Crippen molar-refractivity contribution in [3.63, 3.8) is 0 Å². The summed E-state index contributed by atoms with van der Waals surface area (Å²) in [4.78, 5) is 30.5. The molecule has 1 N–H and O–H groups in total. The lowest BCUT2D eigenvalue weighted by Gasteiger charge is -2.21. The number of aryl methyl sites for hydroxylation is 1. The molecule has 5 rings (SSSR count). The number of hydrogen-bond acceptors (Lipinski definition) is 3. The Hall–Kier alpha value is -2.92. The summed E-state index contributed by atoms with van der Waals surface area (Å²) in [5, 5.41) is 3.80. The van der Waals surface area contributed by atoms with Gasteiger partial charge in [0, 0.05) is 35.1 Å². The van der Waals surface area contributed by atoms with Crippen molar-refractivity contribution >= 4 is 23.3 Å². The summed E-state index contributed by atoms with van der Waals surface area (Å²) in [7, 11) is 0. The van der Waals surface area contributed by atoms with Gasteiger partial charge in [-0.25, -0.2) is 4.98 Å². The lowest BCUT2D eigenvalue weighted by Crippen LogP contribution is -2.37. The van der Waals surface area contributed by atoms with Gasteiger partial charge in [-0.05, 0) is 61.6 Å². The number of imidazole rings is 1. The van der Waals surface area contributed by atoms with Gasteiger partial charge in [-0.3, -0.25) is 9.59 Å². The molecule has 1 amide bonds. The molecule has 30 heavy (non-hydrogen) atoms. The van der Waals surface area contributed by atoms with E-state index in [2.05, 4.69) is 27.0 Å². The number of rotatable bonds is 5. The number of ketones is 1. The second-order valence-electron chi connectivity index (χ2n) is 8.24. The molecule has 1 saturated carbocycles. The largest absolute Gasteiger partial charge is 0.346 e. The number of Topliss-reactive ketones (excluding diaryl/α,β-unsaturated/α-hetero) is 1. The van der Waals surface area contributed by atoms with Gasteiger partial charge in [-0.15, -0.1) is 0 Å². The van der Waals surface area contributed by atoms with Crippen molar-refractivity contribution in [2.45, 2.75) is 38.1 Å². The van der Waals surface area contributed by atoms with E-state index in [4.69, 9.17) is 11.6 Å². The molecule has 152 valence electrons. The minimum absolute atomic E-state index is 0.0194. The first-order valence-electron chi connectivity index (χ1n) is 10.3. The lowest BCUT2D eigenvalue weighted by atomic mass is 9.94. The van der Waals surface area contributed by atoms with E-state index in [0.29, 0.717) is 10.6 Å². The molecule has 1 atom stereocenters. The summed E-state index contributed by atoms with van der Waals surface area (Å²) in [5.74, 6) is 0.775. The Morgan fingerprint density at radius 2 is 1.90 bits per heavy atom. The number of carbonyl (C=O) groups excluding carboxylic acids is 2. The standard InChI is InChI=1S/C24H22ClN3O2/c25-18-8-5-17(6-9-18)21(29)15-24(11-12-24)23(30)27-19-10-7-16-3-1-2-4-20(16)28-14-13-26-22(19)28/h1-6,8-9,13-14,19H,7,10-12,15H2,(H,27,30). The molecule has 0 radical (unpaired) electrons. The molecule has 5 nitrogen and oxygen atoms in total. The van der Waals surface area contributed by atoms with Crippen LogP contribution in [0.4, 0.5) is 0 Å². The zero-order valence-electron chi connectivity index (χ0n) is 16.5. The number of para-hydroxylation sites is 1. The van der Waals surface area contributed by atoms with Crippen molar-refractivity contribution in [2.24, 2.45) is 5.41 Å². The molecule has 1 aromatic heterocycles. The minimum Gasteiger partial charge on any atom is -0.346 e. The quantitative estimate of drug-likeness (QED) is 0.610. The number of nitrogens with one attached hydrogen (secondary N) is 1. The molecule has 0 saturated heterocycles. The van der Waals surface area contributed by atoms with Crippen LogP contribution in [0.25, 0.3) is 5.69 Å². The molecular weight excluding hydrogens is 398 g/mol. The van der Waals surface area contributed by atoms with E-state index < -0.39 is 5.41 Å². The maximum atomic E-state index is 13.2. The van der Waals surface area contributed by atoms with E-state index >= 15 is 0 Å². The van der Waals surface area contributed by atoms with Crippen LogP contribution in [0.3, 0.4) is 0 Å². The maximum Gasteiger partial charge on any atom is 0.227 e. The topological polar surface area (TPSA) is 64.0 Å². The molecule has 1 aliphatic carbocycles. The van der Waals surface area contributed by atoms with E-state index in [9.17, 15) is 9.59 Å². The Kier molecular flexibility index (Phi) is 4.70. The first kappa shape index (κ1) is 19.1. The maximum absolute atomic E-state index is 13.2. The highest BCUT2D eigenvalue weighted by atomic mass is 35.5. The van der Waals surface area contributed by atoms with Gasteiger partial charge in [0.05, 0.1) is 11.5 Å². The number of halogens is 1. The van der Waals surface area contributed by atoms with E-state index in [-0.39, 0.29) is 24.2 Å². The van der Waals surface area contributed by atoms with Gasteiger partial charge in [0.15, 0.2) is 5.78 Å². The fraction of sp³-hybridized carbons (Fsp3) is 0.292. The van der Waals surface area contributed by atoms with Gasteiger partial charge in [-0.1, -0.05) is 29.8 Å². The first-order valence-corrected chi connectivity index (χ1v) is 10.6. The SMILES string of the molecule is O=C(CC1(C(=O)NC2CCc3ccccc3-n3ccnc32)CC1)c1ccc(Cl)cc1. The molecule has 1 aliphatic heterocycles. The number of hydrogen-bond donors (Lipinski definition) is 1.